The van der Waals surface area contributed by atoms with Gasteiger partial charge in [0, 0.05) is 12.6 Å². The minimum Gasteiger partial charge on any atom is -0.356 e. The van der Waals surface area contributed by atoms with E-state index < -0.39 is 0 Å². The van der Waals surface area contributed by atoms with Crippen LogP contribution in [-0.4, -0.2) is 25.1 Å². The van der Waals surface area contributed by atoms with Gasteiger partial charge in [-0.1, -0.05) is 11.6 Å². The molecule has 0 amide bonds. The van der Waals surface area contributed by atoms with E-state index in [-0.39, 0.29) is 0 Å². The van der Waals surface area contributed by atoms with E-state index >= 15 is 0 Å². The average Bonchev–Trinajstić information content (AvgIpc) is 2.77. The van der Waals surface area contributed by atoms with Gasteiger partial charge in [0.25, 0.3) is 0 Å². The monoisotopic (exact) mass is 193 g/mol. The lowest BCUT2D eigenvalue weighted by atomic mass is 10.2. The van der Waals surface area contributed by atoms with Crippen molar-refractivity contribution < 1.29 is 0 Å². The zero-order chi connectivity index (χ0) is 9.80. The number of aliphatic imine (C=N–C) groups is 1. The van der Waals surface area contributed by atoms with E-state index in [4.69, 9.17) is 0 Å². The van der Waals surface area contributed by atoms with Crippen molar-refractivity contribution in [3.8, 4) is 0 Å². The predicted molar refractivity (Wildman–Crippen MR) is 59.5 cm³/mol. The van der Waals surface area contributed by atoms with Gasteiger partial charge < -0.3 is 10.6 Å². The third-order valence-electron chi connectivity index (χ3n) is 2.78. The summed E-state index contributed by atoms with van der Waals surface area (Å²) in [6.07, 6.45) is 7.50. The first-order chi connectivity index (χ1) is 6.84. The lowest BCUT2D eigenvalue weighted by Crippen LogP contribution is -2.38. The molecule has 2 aliphatic rings. The van der Waals surface area contributed by atoms with E-state index in [1.807, 2.05) is 0 Å². The van der Waals surface area contributed by atoms with Crippen molar-refractivity contribution in [1.29, 1.82) is 0 Å². The molecule has 0 aromatic heterocycles. The standard InChI is InChI=1S/C11H19N3/c1-9-8-13-11(14-9)12-7-6-10-4-2-3-5-10/h4,9H,2-3,5-8H2,1H3,(H2,12,13,14). The Morgan fingerprint density at radius 3 is 3.21 bits per heavy atom. The SMILES string of the molecule is CC1CN=C(NCCC2=CCCC2)N1. The molecule has 14 heavy (non-hydrogen) atoms. The van der Waals surface area contributed by atoms with E-state index in [0.29, 0.717) is 6.04 Å². The summed E-state index contributed by atoms with van der Waals surface area (Å²) in [5.41, 5.74) is 1.61. The maximum atomic E-state index is 4.36. The minimum absolute atomic E-state index is 0.503. The molecule has 0 spiro atoms. The first-order valence-corrected chi connectivity index (χ1v) is 5.57. The smallest absolute Gasteiger partial charge is 0.191 e. The van der Waals surface area contributed by atoms with Gasteiger partial charge in [0.1, 0.15) is 0 Å². The minimum atomic E-state index is 0.503. The molecule has 0 bridgehead atoms. The Morgan fingerprint density at radius 2 is 2.57 bits per heavy atom. The van der Waals surface area contributed by atoms with Gasteiger partial charge >= 0.3 is 0 Å². The van der Waals surface area contributed by atoms with Crippen LogP contribution in [0.5, 0.6) is 0 Å². The molecule has 2 rings (SSSR count). The summed E-state index contributed by atoms with van der Waals surface area (Å²) in [4.78, 5) is 4.36. The van der Waals surface area contributed by atoms with Crippen LogP contribution in [0.2, 0.25) is 0 Å². The number of nitrogens with zero attached hydrogens (tertiary/aromatic N) is 1. The second-order valence-corrected chi connectivity index (χ2v) is 4.17. The predicted octanol–water partition coefficient (Wildman–Crippen LogP) is 1.42. The van der Waals surface area contributed by atoms with Crippen LogP contribution >= 0.6 is 0 Å². The van der Waals surface area contributed by atoms with E-state index in [1.54, 1.807) is 5.57 Å². The highest BCUT2D eigenvalue weighted by Gasteiger charge is 2.11. The molecule has 0 saturated heterocycles. The number of allylic oxidation sites excluding steroid dienone is 1. The number of hydrogen-bond acceptors (Lipinski definition) is 3. The van der Waals surface area contributed by atoms with Crippen molar-refractivity contribution in [3.63, 3.8) is 0 Å². The van der Waals surface area contributed by atoms with Crippen LogP contribution in [0, 0.1) is 0 Å². The lowest BCUT2D eigenvalue weighted by Gasteiger charge is -2.08. The van der Waals surface area contributed by atoms with Crippen molar-refractivity contribution >= 4 is 5.96 Å². The Kier molecular flexibility index (Phi) is 3.07. The summed E-state index contributed by atoms with van der Waals surface area (Å²) in [7, 11) is 0. The fourth-order valence-electron chi connectivity index (χ4n) is 1.97. The van der Waals surface area contributed by atoms with E-state index in [1.165, 1.54) is 25.7 Å². The van der Waals surface area contributed by atoms with Crippen molar-refractivity contribution in [2.45, 2.75) is 38.6 Å². The van der Waals surface area contributed by atoms with Crippen molar-refractivity contribution in [2.75, 3.05) is 13.1 Å². The zero-order valence-electron chi connectivity index (χ0n) is 8.84. The molecule has 1 heterocycles. The Labute approximate surface area is 85.7 Å². The van der Waals surface area contributed by atoms with E-state index in [9.17, 15) is 0 Å². The number of rotatable bonds is 3. The molecule has 1 unspecified atom stereocenters. The summed E-state index contributed by atoms with van der Waals surface area (Å²) >= 11 is 0. The lowest BCUT2D eigenvalue weighted by molar-refractivity contribution is 0.710. The van der Waals surface area contributed by atoms with Gasteiger partial charge in [-0.3, -0.25) is 4.99 Å². The van der Waals surface area contributed by atoms with Gasteiger partial charge in [0.05, 0.1) is 6.54 Å². The maximum absolute atomic E-state index is 4.36. The molecule has 0 aromatic rings. The highest BCUT2D eigenvalue weighted by molar-refractivity contribution is 5.81. The van der Waals surface area contributed by atoms with Crippen LogP contribution in [0.25, 0.3) is 0 Å². The molecule has 0 saturated carbocycles. The maximum Gasteiger partial charge on any atom is 0.191 e. The Balaban J connectivity index is 1.63. The largest absolute Gasteiger partial charge is 0.356 e. The van der Waals surface area contributed by atoms with Crippen LogP contribution in [0.4, 0.5) is 0 Å². The van der Waals surface area contributed by atoms with Crippen molar-refractivity contribution in [1.82, 2.24) is 10.6 Å². The fourth-order valence-corrected chi connectivity index (χ4v) is 1.97. The van der Waals surface area contributed by atoms with Crippen LogP contribution in [0.15, 0.2) is 16.6 Å². The molecule has 1 atom stereocenters. The highest BCUT2D eigenvalue weighted by atomic mass is 15.2. The summed E-state index contributed by atoms with van der Waals surface area (Å²) in [5, 5.41) is 6.64. The molecule has 2 N–H and O–H groups in total. The molecule has 3 heteroatoms. The Bertz CT molecular complexity index is 255. The first kappa shape index (κ1) is 9.56. The summed E-state index contributed by atoms with van der Waals surface area (Å²) < 4.78 is 0. The van der Waals surface area contributed by atoms with Gasteiger partial charge in [-0.2, -0.15) is 0 Å². The summed E-state index contributed by atoms with van der Waals surface area (Å²) in [5.74, 6) is 0.982. The van der Waals surface area contributed by atoms with Gasteiger partial charge in [-0.25, -0.2) is 0 Å². The fraction of sp³-hybridized carbons (Fsp3) is 0.727. The van der Waals surface area contributed by atoms with Crippen LogP contribution in [0.1, 0.15) is 32.6 Å². The quantitative estimate of drug-likeness (QED) is 0.665. The number of nitrogens with one attached hydrogen (secondary N) is 2. The first-order valence-electron chi connectivity index (χ1n) is 5.57. The third-order valence-corrected chi connectivity index (χ3v) is 2.78. The van der Waals surface area contributed by atoms with Crippen LogP contribution in [0.3, 0.4) is 0 Å². The normalized spacial score (nSPS) is 25.6. The van der Waals surface area contributed by atoms with Gasteiger partial charge in [-0.05, 0) is 32.6 Å². The molecule has 0 aromatic carbocycles. The van der Waals surface area contributed by atoms with Gasteiger partial charge in [0.2, 0.25) is 0 Å². The van der Waals surface area contributed by atoms with E-state index in [0.717, 1.165) is 19.0 Å². The Hall–Kier alpha value is -0.990. The van der Waals surface area contributed by atoms with Crippen molar-refractivity contribution in [2.24, 2.45) is 4.99 Å². The van der Waals surface area contributed by atoms with Gasteiger partial charge in [-0.15, -0.1) is 0 Å². The topological polar surface area (TPSA) is 36.4 Å². The molecular formula is C11H19N3. The highest BCUT2D eigenvalue weighted by Crippen LogP contribution is 2.19. The zero-order valence-corrected chi connectivity index (χ0v) is 8.84. The second kappa shape index (κ2) is 4.49. The average molecular weight is 193 g/mol. The molecule has 1 aliphatic carbocycles. The molecule has 0 radical (unpaired) electrons. The second-order valence-electron chi connectivity index (χ2n) is 4.17. The molecular weight excluding hydrogens is 174 g/mol. The molecule has 3 nitrogen and oxygen atoms in total. The van der Waals surface area contributed by atoms with Gasteiger partial charge in [0.15, 0.2) is 5.96 Å². The number of guanidine groups is 1. The number of hydrogen-bond donors (Lipinski definition) is 2. The Morgan fingerprint density at radius 1 is 1.64 bits per heavy atom. The van der Waals surface area contributed by atoms with Crippen LogP contribution < -0.4 is 10.6 Å². The van der Waals surface area contributed by atoms with E-state index in [2.05, 4.69) is 28.6 Å². The summed E-state index contributed by atoms with van der Waals surface area (Å²) in [6.45, 7) is 4.08. The van der Waals surface area contributed by atoms with Crippen molar-refractivity contribution in [3.05, 3.63) is 11.6 Å². The third kappa shape index (κ3) is 2.50. The molecule has 78 valence electrons. The summed E-state index contributed by atoms with van der Waals surface area (Å²) in [6, 6.07) is 0.503. The molecule has 1 aliphatic heterocycles. The molecule has 0 fully saturated rings. The van der Waals surface area contributed by atoms with Crippen LogP contribution in [-0.2, 0) is 0 Å².